The van der Waals surface area contributed by atoms with E-state index in [1.807, 2.05) is 53.7 Å². The summed E-state index contributed by atoms with van der Waals surface area (Å²) in [5.74, 6) is -1.31. The second-order valence-corrected chi connectivity index (χ2v) is 8.64. The first-order chi connectivity index (χ1) is 11.7. The minimum atomic E-state index is -1.12. The fourth-order valence-electron chi connectivity index (χ4n) is 2.49. The van der Waals surface area contributed by atoms with Gasteiger partial charge in [-0.15, -0.1) is 0 Å². The average Bonchev–Trinajstić information content (AvgIpc) is 2.48. The first-order valence-corrected chi connectivity index (χ1v) is 8.70. The Kier molecular flexibility index (Phi) is 6.64. The number of carboxylic acid groups (broad SMARTS) is 1. The van der Waals surface area contributed by atoms with Crippen LogP contribution >= 0.6 is 0 Å². The van der Waals surface area contributed by atoms with E-state index in [9.17, 15) is 14.7 Å². The van der Waals surface area contributed by atoms with Crippen molar-refractivity contribution in [1.29, 1.82) is 0 Å². The van der Waals surface area contributed by atoms with E-state index < -0.39 is 11.9 Å². The summed E-state index contributed by atoms with van der Waals surface area (Å²) in [6.45, 7) is 13.6. The number of benzene rings is 1. The predicted molar refractivity (Wildman–Crippen MR) is 101 cm³/mol. The van der Waals surface area contributed by atoms with Crippen LogP contribution in [0.3, 0.4) is 0 Å². The SMILES string of the molecule is CC(=COC(=O)CCc1cc(C(C)(C)C)c(O)c(C(C)(C)C)c1)C(=O)O. The van der Waals surface area contributed by atoms with Gasteiger partial charge in [-0.05, 0) is 40.9 Å². The summed E-state index contributed by atoms with van der Waals surface area (Å²) in [6.07, 6.45) is 1.54. The first-order valence-electron chi connectivity index (χ1n) is 8.70. The zero-order chi connectivity index (χ0) is 20.3. The van der Waals surface area contributed by atoms with E-state index in [0.717, 1.165) is 23.0 Å². The van der Waals surface area contributed by atoms with Gasteiger partial charge in [0.05, 0.1) is 5.57 Å². The van der Waals surface area contributed by atoms with Gasteiger partial charge in [0.1, 0.15) is 12.0 Å². The summed E-state index contributed by atoms with van der Waals surface area (Å²) in [5.41, 5.74) is 2.12. The fraction of sp³-hybridized carbons (Fsp3) is 0.524. The van der Waals surface area contributed by atoms with Crippen LogP contribution in [0.25, 0.3) is 0 Å². The lowest BCUT2D eigenvalue weighted by molar-refractivity contribution is -0.138. The molecule has 2 N–H and O–H groups in total. The van der Waals surface area contributed by atoms with Gasteiger partial charge in [0.15, 0.2) is 0 Å². The number of ether oxygens (including phenoxy) is 1. The highest BCUT2D eigenvalue weighted by atomic mass is 16.5. The van der Waals surface area contributed by atoms with Crippen LogP contribution in [0.15, 0.2) is 24.0 Å². The normalized spacial score (nSPS) is 12.8. The molecule has 0 saturated carbocycles. The number of aliphatic carboxylic acids is 1. The molecule has 26 heavy (non-hydrogen) atoms. The molecule has 1 rings (SSSR count). The number of phenolic OH excluding ortho intramolecular Hbond substituents is 1. The third-order valence-electron chi connectivity index (χ3n) is 4.11. The van der Waals surface area contributed by atoms with Gasteiger partial charge in [-0.25, -0.2) is 4.79 Å². The molecule has 0 heterocycles. The quantitative estimate of drug-likeness (QED) is 0.459. The number of carbonyl (C=O) groups excluding carboxylic acids is 1. The number of rotatable bonds is 5. The number of hydrogen-bond donors (Lipinski definition) is 2. The van der Waals surface area contributed by atoms with Crippen molar-refractivity contribution in [2.75, 3.05) is 0 Å². The lowest BCUT2D eigenvalue weighted by Gasteiger charge is -2.28. The van der Waals surface area contributed by atoms with Gasteiger partial charge in [0.25, 0.3) is 0 Å². The Labute approximate surface area is 155 Å². The molecule has 1 aromatic carbocycles. The van der Waals surface area contributed by atoms with E-state index in [1.165, 1.54) is 6.92 Å². The van der Waals surface area contributed by atoms with Gasteiger partial charge in [-0.3, -0.25) is 4.79 Å². The van der Waals surface area contributed by atoms with Crippen LogP contribution in [0.2, 0.25) is 0 Å². The van der Waals surface area contributed by atoms with Crippen LogP contribution < -0.4 is 0 Å². The zero-order valence-electron chi connectivity index (χ0n) is 16.8. The Balaban J connectivity index is 3.05. The summed E-state index contributed by atoms with van der Waals surface area (Å²) in [7, 11) is 0. The third-order valence-corrected chi connectivity index (χ3v) is 4.11. The molecule has 0 radical (unpaired) electrons. The summed E-state index contributed by atoms with van der Waals surface area (Å²) in [4.78, 5) is 22.6. The van der Waals surface area contributed by atoms with Gasteiger partial charge in [-0.1, -0.05) is 53.7 Å². The molecule has 0 fully saturated rings. The average molecular weight is 362 g/mol. The number of phenols is 1. The van der Waals surface area contributed by atoms with Crippen molar-refractivity contribution < 1.29 is 24.5 Å². The predicted octanol–water partition coefficient (Wildman–Crippen LogP) is 4.45. The number of carboxylic acids is 1. The van der Waals surface area contributed by atoms with E-state index in [2.05, 4.69) is 0 Å². The second-order valence-electron chi connectivity index (χ2n) is 8.64. The highest BCUT2D eigenvalue weighted by molar-refractivity contribution is 5.86. The van der Waals surface area contributed by atoms with Gasteiger partial charge in [0.2, 0.25) is 0 Å². The van der Waals surface area contributed by atoms with Crippen molar-refractivity contribution in [1.82, 2.24) is 0 Å². The topological polar surface area (TPSA) is 83.8 Å². The number of hydrogen-bond acceptors (Lipinski definition) is 4. The number of esters is 1. The van der Waals surface area contributed by atoms with E-state index in [-0.39, 0.29) is 22.8 Å². The fourth-order valence-corrected chi connectivity index (χ4v) is 2.49. The van der Waals surface area contributed by atoms with E-state index >= 15 is 0 Å². The summed E-state index contributed by atoms with van der Waals surface area (Å²) >= 11 is 0. The molecule has 0 aliphatic carbocycles. The van der Waals surface area contributed by atoms with Crippen LogP contribution in [0.5, 0.6) is 5.75 Å². The van der Waals surface area contributed by atoms with Crippen LogP contribution in [-0.2, 0) is 31.6 Å². The maximum absolute atomic E-state index is 11.9. The molecule has 0 aromatic heterocycles. The van der Waals surface area contributed by atoms with Crippen molar-refractivity contribution >= 4 is 11.9 Å². The molecule has 5 heteroatoms. The molecule has 0 bridgehead atoms. The molecule has 0 aliphatic heterocycles. The number of aryl methyl sites for hydroxylation is 1. The van der Waals surface area contributed by atoms with Crippen LogP contribution in [-0.4, -0.2) is 22.2 Å². The monoisotopic (exact) mass is 362 g/mol. The van der Waals surface area contributed by atoms with Crippen molar-refractivity contribution in [3.8, 4) is 5.75 Å². The molecule has 0 aliphatic rings. The maximum Gasteiger partial charge on any atom is 0.334 e. The standard InChI is InChI=1S/C21H30O5/c1-13(19(24)25)12-26-17(22)9-8-14-10-15(20(2,3)4)18(23)16(11-14)21(5,6)7/h10-12,23H,8-9H2,1-7H3,(H,24,25). The highest BCUT2D eigenvalue weighted by Gasteiger charge is 2.26. The third kappa shape index (κ3) is 5.90. The molecule has 0 amide bonds. The second kappa shape index (κ2) is 7.94. The van der Waals surface area contributed by atoms with Gasteiger partial charge < -0.3 is 14.9 Å². The summed E-state index contributed by atoms with van der Waals surface area (Å²) < 4.78 is 4.87. The Bertz CT molecular complexity index is 680. The molecule has 0 atom stereocenters. The Morgan fingerprint density at radius 3 is 1.88 bits per heavy atom. The van der Waals surface area contributed by atoms with Gasteiger partial charge in [0, 0.05) is 6.42 Å². The Morgan fingerprint density at radius 2 is 1.50 bits per heavy atom. The highest BCUT2D eigenvalue weighted by Crippen LogP contribution is 2.39. The molecule has 144 valence electrons. The smallest absolute Gasteiger partial charge is 0.334 e. The summed E-state index contributed by atoms with van der Waals surface area (Å²) in [6, 6.07) is 3.85. The minimum absolute atomic E-state index is 0.0342. The lowest BCUT2D eigenvalue weighted by Crippen LogP contribution is -2.18. The van der Waals surface area contributed by atoms with Crippen LogP contribution in [0.4, 0.5) is 0 Å². The Morgan fingerprint density at radius 1 is 1.04 bits per heavy atom. The van der Waals surface area contributed by atoms with Crippen molar-refractivity contribution in [2.24, 2.45) is 0 Å². The zero-order valence-corrected chi connectivity index (χ0v) is 16.8. The van der Waals surface area contributed by atoms with Gasteiger partial charge in [-0.2, -0.15) is 0 Å². The lowest BCUT2D eigenvalue weighted by atomic mass is 9.78. The first kappa shape index (κ1) is 21.7. The minimum Gasteiger partial charge on any atom is -0.507 e. The molecule has 5 nitrogen and oxygen atoms in total. The number of carbonyl (C=O) groups is 2. The van der Waals surface area contributed by atoms with Crippen molar-refractivity contribution in [3.05, 3.63) is 40.7 Å². The van der Waals surface area contributed by atoms with Crippen LogP contribution in [0, 0.1) is 0 Å². The van der Waals surface area contributed by atoms with E-state index in [4.69, 9.17) is 9.84 Å². The molecule has 0 saturated heterocycles. The summed E-state index contributed by atoms with van der Waals surface area (Å²) in [5, 5.41) is 19.5. The molecule has 0 spiro atoms. The Hall–Kier alpha value is -2.30. The van der Waals surface area contributed by atoms with E-state index in [0.29, 0.717) is 12.2 Å². The molecular weight excluding hydrogens is 332 g/mol. The number of aromatic hydroxyl groups is 1. The van der Waals surface area contributed by atoms with Gasteiger partial charge >= 0.3 is 11.9 Å². The maximum atomic E-state index is 11.9. The molecular formula is C21H30O5. The van der Waals surface area contributed by atoms with Crippen LogP contribution in [0.1, 0.15) is 71.6 Å². The molecule has 0 unspecified atom stereocenters. The molecule has 1 aromatic rings. The van der Waals surface area contributed by atoms with Crippen molar-refractivity contribution in [3.63, 3.8) is 0 Å². The van der Waals surface area contributed by atoms with Crippen molar-refractivity contribution in [2.45, 2.75) is 72.1 Å². The van der Waals surface area contributed by atoms with E-state index in [1.54, 1.807) is 0 Å². The largest absolute Gasteiger partial charge is 0.507 e.